The van der Waals surface area contributed by atoms with Crippen LogP contribution in [0.3, 0.4) is 0 Å². The molecule has 0 amide bonds. The summed E-state index contributed by atoms with van der Waals surface area (Å²) in [5.74, 6) is -14.3. The molecule has 4 atom stereocenters. The lowest BCUT2D eigenvalue weighted by Crippen LogP contribution is -2.78. The summed E-state index contributed by atoms with van der Waals surface area (Å²) in [5, 5.41) is 98.2. The number of rotatable bonds is 20. The number of aliphatic carboxylic acids is 8. The van der Waals surface area contributed by atoms with Crippen LogP contribution in [0.2, 0.25) is 0 Å². The van der Waals surface area contributed by atoms with Gasteiger partial charge in [-0.1, -0.05) is 6.92 Å². The van der Waals surface area contributed by atoms with Crippen molar-refractivity contribution >= 4 is 65.6 Å². The molecule has 3 aliphatic rings. The standard InChI is InChI=1S/C42H48N4O16/c1-41(17-39(59)60)23(5-9-35(51)52)29-14-27-21(11-37(55)56)19(3-7-33(47)48)25(43-27)13-26-20(4-8-34(49)50)22(12-38(57)58)28(44-26)15-31-42(2,18-40(61)62)24(6-10-36(53)54)30(46-31)16-32(41)45-29/h14-16,23-24,43-45H,3-13,17-18H2,1-2H3,(H,47,48)(H,49,50)(H,51,52)(H,53,54)(H,55,56)(H,57,58)(H,59,60)(H,61,62)/p-7/b29-14-,31-15-,32-16-. The molecule has 2 aromatic heterocycles. The number of aromatic nitrogens is 2. The first kappa shape index (κ1) is 46.2. The van der Waals surface area contributed by atoms with Crippen molar-refractivity contribution in [3.63, 3.8) is 0 Å². The summed E-state index contributed by atoms with van der Waals surface area (Å²) < 4.78 is 0. The van der Waals surface area contributed by atoms with Crippen molar-refractivity contribution in [2.45, 2.75) is 97.3 Å². The van der Waals surface area contributed by atoms with E-state index in [9.17, 15) is 79.2 Å². The smallest absolute Gasteiger partial charge is 0.119 e. The molecule has 2 aromatic rings. The van der Waals surface area contributed by atoms with Crippen molar-refractivity contribution in [1.82, 2.24) is 9.97 Å². The number of aliphatic imine (C=N–C) groups is 1. The molecule has 0 saturated carbocycles. The Morgan fingerprint density at radius 2 is 1.03 bits per heavy atom. The number of nitrogens with two attached hydrogens (primary N) is 1. The second-order valence-corrected chi connectivity index (χ2v) is 16.3. The van der Waals surface area contributed by atoms with Crippen molar-refractivity contribution in [1.29, 1.82) is 0 Å². The predicted octanol–water partition coefficient (Wildman–Crippen LogP) is -7.92. The van der Waals surface area contributed by atoms with E-state index in [1.54, 1.807) is 0 Å². The molecule has 0 spiro atoms. The maximum absolute atomic E-state index is 12.5. The van der Waals surface area contributed by atoms with Gasteiger partial charge in [-0.15, -0.1) is 0 Å². The van der Waals surface area contributed by atoms with Gasteiger partial charge < -0.3 is 89.2 Å². The van der Waals surface area contributed by atoms with E-state index in [2.05, 4.69) is 9.97 Å². The number of aromatic amines is 2. The van der Waals surface area contributed by atoms with Gasteiger partial charge in [-0.25, -0.2) is 0 Å². The highest BCUT2D eigenvalue weighted by atomic mass is 16.4. The zero-order chi connectivity index (χ0) is 45.8. The Morgan fingerprint density at radius 3 is 1.48 bits per heavy atom. The molecule has 62 heavy (non-hydrogen) atoms. The van der Waals surface area contributed by atoms with Crippen molar-refractivity contribution in [2.24, 2.45) is 27.7 Å². The van der Waals surface area contributed by atoms with Gasteiger partial charge in [0.15, 0.2) is 0 Å². The lowest BCUT2D eigenvalue weighted by Gasteiger charge is -2.34. The second-order valence-electron chi connectivity index (χ2n) is 16.3. The molecule has 5 heterocycles. The molecule has 0 radical (unpaired) electrons. The molecule has 20 heteroatoms. The normalized spacial score (nSPS) is 24.2. The minimum absolute atomic E-state index is 0.00251. The number of carbonyl (C=O) groups excluding carboxylic acids is 8. The largest absolute Gasteiger partial charge is 0.550 e. The van der Waals surface area contributed by atoms with E-state index in [0.717, 1.165) is 0 Å². The number of carboxylic acid groups (broad SMARTS) is 8. The minimum Gasteiger partial charge on any atom is -0.550 e. The van der Waals surface area contributed by atoms with E-state index in [1.165, 1.54) is 37.4 Å². The molecule has 3 aliphatic heterocycles. The fraction of sp³-hybridized carbons (Fsp3) is 0.452. The van der Waals surface area contributed by atoms with E-state index >= 15 is 0 Å². The van der Waals surface area contributed by atoms with E-state index in [-0.39, 0.29) is 99.9 Å². The average molecular weight is 858 g/mol. The number of allylic oxidation sites excluding steroid dienone is 4. The summed E-state index contributed by atoms with van der Waals surface area (Å²) >= 11 is 0. The maximum Gasteiger partial charge on any atom is 0.119 e. The number of nitrogens with zero attached hydrogens (tertiary/aromatic N) is 1. The lowest BCUT2D eigenvalue weighted by atomic mass is 9.68. The highest BCUT2D eigenvalue weighted by Crippen LogP contribution is 2.51. The van der Waals surface area contributed by atoms with Crippen LogP contribution in [-0.2, 0) is 70.5 Å². The summed E-state index contributed by atoms with van der Waals surface area (Å²) in [6, 6.07) is 0. The second kappa shape index (κ2) is 18.4. The first-order chi connectivity index (χ1) is 29.0. The maximum atomic E-state index is 12.5. The van der Waals surface area contributed by atoms with Crippen LogP contribution < -0.4 is 46.2 Å². The van der Waals surface area contributed by atoms with Crippen molar-refractivity contribution < 1.29 is 84.5 Å². The van der Waals surface area contributed by atoms with Crippen LogP contribution in [0, 0.1) is 22.7 Å². The van der Waals surface area contributed by atoms with Gasteiger partial charge in [-0.2, -0.15) is 0 Å². The fourth-order valence-corrected chi connectivity index (χ4v) is 9.31. The number of hydrogen-bond acceptors (Lipinski definition) is 17. The molecule has 4 unspecified atom stereocenters. The van der Waals surface area contributed by atoms with Gasteiger partial charge in [-0.05, 0) is 93.0 Å². The van der Waals surface area contributed by atoms with Crippen LogP contribution in [-0.4, -0.2) is 63.4 Å². The number of H-pyrrole nitrogens is 2. The van der Waals surface area contributed by atoms with E-state index in [1.807, 2.05) is 0 Å². The van der Waals surface area contributed by atoms with Gasteiger partial charge in [0.2, 0.25) is 0 Å². The SMILES string of the molecule is CC1(CC(=O)[O-])/C2=C/c3[nH]c(c(CCC(=O)[O-])c3CC(=O)[O-])Cc3[nH]c(c(CC(=O)[O-])c3CCC(=O)[O-])/C=C3\[NH2+]/C(=C\C(=N2)C1CCC(=O)[O-])C(C)(CC(=O)[O-])C3CCC(=O)[O-]. The molecular formula is C42H41N4O16-7. The van der Waals surface area contributed by atoms with E-state index in [0.29, 0.717) is 0 Å². The Labute approximate surface area is 352 Å². The van der Waals surface area contributed by atoms with Gasteiger partial charge in [0, 0.05) is 131 Å². The number of nitrogens with one attached hydrogen (secondary N) is 2. The Morgan fingerprint density at radius 1 is 0.581 bits per heavy atom. The topological polar surface area (TPSA) is 382 Å². The minimum atomic E-state index is -1.61. The number of carbonyl (C=O) groups is 8. The summed E-state index contributed by atoms with van der Waals surface area (Å²) in [5.41, 5.74) is -1.89. The Kier molecular flexibility index (Phi) is 13.7. The summed E-state index contributed by atoms with van der Waals surface area (Å²) in [4.78, 5) is 108. The molecule has 8 bridgehead atoms. The van der Waals surface area contributed by atoms with Gasteiger partial charge in [-0.3, -0.25) is 10.3 Å². The van der Waals surface area contributed by atoms with Gasteiger partial charge in [0.25, 0.3) is 0 Å². The van der Waals surface area contributed by atoms with Crippen molar-refractivity contribution in [3.8, 4) is 0 Å². The molecule has 1 fully saturated rings. The van der Waals surface area contributed by atoms with Crippen LogP contribution >= 0.6 is 0 Å². The first-order valence-corrected chi connectivity index (χ1v) is 19.7. The van der Waals surface area contributed by atoms with Gasteiger partial charge in [0.05, 0.1) is 11.1 Å². The quantitative estimate of drug-likeness (QED) is 0.111. The summed E-state index contributed by atoms with van der Waals surface area (Å²) in [6.45, 7) is 2.98. The molecule has 0 aliphatic carbocycles. The third-order valence-electron chi connectivity index (χ3n) is 12.1. The van der Waals surface area contributed by atoms with E-state index < -0.39 is 122 Å². The monoisotopic (exact) mass is 857 g/mol. The van der Waals surface area contributed by atoms with Gasteiger partial charge >= 0.3 is 0 Å². The summed E-state index contributed by atoms with van der Waals surface area (Å²) in [6.07, 6.45) is -2.70. The van der Waals surface area contributed by atoms with Crippen LogP contribution in [0.1, 0.15) is 110 Å². The number of hydrogen-bond donors (Lipinski definition) is 3. The molecule has 5 rings (SSSR count). The Bertz CT molecular complexity index is 2360. The molecule has 332 valence electrons. The molecule has 0 aromatic carbocycles. The predicted molar refractivity (Wildman–Crippen MR) is 193 cm³/mol. The zero-order valence-corrected chi connectivity index (χ0v) is 33.6. The molecular weight excluding hydrogens is 816 g/mol. The first-order valence-electron chi connectivity index (χ1n) is 19.7. The highest BCUT2D eigenvalue weighted by Gasteiger charge is 2.52. The van der Waals surface area contributed by atoms with Gasteiger partial charge in [0.1, 0.15) is 11.4 Å². The number of carboxylic acids is 8. The number of fused-ring (bicyclic) bond motifs is 7. The summed E-state index contributed by atoms with van der Waals surface area (Å²) in [7, 11) is 0. The lowest BCUT2D eigenvalue weighted by molar-refractivity contribution is -0.548. The zero-order valence-electron chi connectivity index (χ0n) is 33.6. The van der Waals surface area contributed by atoms with Crippen molar-refractivity contribution in [2.75, 3.05) is 0 Å². The molecule has 1 saturated heterocycles. The van der Waals surface area contributed by atoms with Crippen molar-refractivity contribution in [3.05, 3.63) is 68.2 Å². The number of quaternary nitrogens is 1. The van der Waals surface area contributed by atoms with Crippen LogP contribution in [0.4, 0.5) is 0 Å². The van der Waals surface area contributed by atoms with E-state index in [4.69, 9.17) is 4.99 Å². The third-order valence-corrected chi connectivity index (χ3v) is 12.1. The Hall–Kier alpha value is -6.83. The third kappa shape index (κ3) is 10.2. The van der Waals surface area contributed by atoms with Crippen LogP contribution in [0.15, 0.2) is 28.2 Å². The molecule has 4 N–H and O–H groups in total. The highest BCUT2D eigenvalue weighted by molar-refractivity contribution is 6.02. The molecule has 20 nitrogen and oxygen atoms in total. The average Bonchev–Trinajstić information content (AvgIpc) is 3.77. The Balaban J connectivity index is 1.97. The van der Waals surface area contributed by atoms with Crippen LogP contribution in [0.5, 0.6) is 0 Å². The fourth-order valence-electron chi connectivity index (χ4n) is 9.31. The van der Waals surface area contributed by atoms with Crippen LogP contribution in [0.25, 0.3) is 12.2 Å².